The molecule has 0 radical (unpaired) electrons. The molecule has 0 saturated carbocycles. The Morgan fingerprint density at radius 2 is 1.81 bits per heavy atom. The second-order valence-corrected chi connectivity index (χ2v) is 11.8. The van der Waals surface area contributed by atoms with Crippen LogP contribution in [0, 0.1) is 0 Å². The topological polar surface area (TPSA) is 35.5 Å². The van der Waals surface area contributed by atoms with Gasteiger partial charge in [0.25, 0.3) is 0 Å². The minimum atomic E-state index is -1.82. The first-order valence-corrected chi connectivity index (χ1v) is 11.1. The van der Waals surface area contributed by atoms with Gasteiger partial charge in [-0.2, -0.15) is 0 Å². The molecule has 124 valence electrons. The van der Waals surface area contributed by atoms with Crippen molar-refractivity contribution in [2.75, 3.05) is 6.61 Å². The predicted octanol–water partition coefficient (Wildman–Crippen LogP) is 5.08. The minimum Gasteiger partial charge on any atom is -0.463 e. The zero-order valence-corrected chi connectivity index (χ0v) is 16.0. The number of carbonyl (C=O) groups excluding carboxylic acids is 1. The van der Waals surface area contributed by atoms with Crippen molar-refractivity contribution in [3.8, 4) is 0 Å². The van der Waals surface area contributed by atoms with Crippen molar-refractivity contribution >= 4 is 14.3 Å². The lowest BCUT2D eigenvalue weighted by atomic mass is 10.1. The number of unbranched alkanes of at least 4 members (excludes halogenated alkanes) is 2. The van der Waals surface area contributed by atoms with Gasteiger partial charge in [0.1, 0.15) is 0 Å². The van der Waals surface area contributed by atoms with Crippen LogP contribution in [-0.2, 0) is 14.0 Å². The molecule has 0 aromatic heterocycles. The highest BCUT2D eigenvalue weighted by atomic mass is 28.4. The van der Waals surface area contributed by atoms with Crippen molar-refractivity contribution < 1.29 is 14.0 Å². The summed E-state index contributed by atoms with van der Waals surface area (Å²) < 4.78 is 11.4. The first-order valence-electron chi connectivity index (χ1n) is 8.16. The third-order valence-corrected chi connectivity index (χ3v) is 8.58. The molecule has 0 aromatic carbocycles. The Kier molecular flexibility index (Phi) is 9.14. The highest BCUT2D eigenvalue weighted by Gasteiger charge is 2.38. The summed E-state index contributed by atoms with van der Waals surface area (Å²) in [7, 11) is -1.82. The lowest BCUT2D eigenvalue weighted by Gasteiger charge is -2.38. The van der Waals surface area contributed by atoms with E-state index in [4.69, 9.17) is 9.16 Å². The zero-order chi connectivity index (χ0) is 16.5. The number of hydrogen-bond donors (Lipinski definition) is 0. The SMILES string of the molecule is CCCCCC(/C=C/C(=O)OCC)O[Si](C)(C)C(C)(C)C. The van der Waals surface area contributed by atoms with Gasteiger partial charge < -0.3 is 9.16 Å². The van der Waals surface area contributed by atoms with Crippen LogP contribution in [0.2, 0.25) is 18.1 Å². The quantitative estimate of drug-likeness (QED) is 0.258. The van der Waals surface area contributed by atoms with Gasteiger partial charge >= 0.3 is 5.97 Å². The number of esters is 1. The van der Waals surface area contributed by atoms with Gasteiger partial charge in [-0.15, -0.1) is 0 Å². The first kappa shape index (κ1) is 20.4. The van der Waals surface area contributed by atoms with E-state index in [2.05, 4.69) is 40.8 Å². The van der Waals surface area contributed by atoms with Crippen LogP contribution in [-0.4, -0.2) is 27.0 Å². The lowest BCUT2D eigenvalue weighted by molar-refractivity contribution is -0.137. The van der Waals surface area contributed by atoms with Crippen LogP contribution in [0.4, 0.5) is 0 Å². The molecular weight excluding hydrogens is 280 g/mol. The van der Waals surface area contributed by atoms with Crippen LogP contribution >= 0.6 is 0 Å². The summed E-state index contributed by atoms with van der Waals surface area (Å²) in [4.78, 5) is 11.5. The van der Waals surface area contributed by atoms with E-state index < -0.39 is 8.32 Å². The van der Waals surface area contributed by atoms with Crippen molar-refractivity contribution in [3.63, 3.8) is 0 Å². The Bertz CT molecular complexity index is 329. The van der Waals surface area contributed by atoms with E-state index in [9.17, 15) is 4.79 Å². The number of hydrogen-bond acceptors (Lipinski definition) is 3. The summed E-state index contributed by atoms with van der Waals surface area (Å²) in [6.07, 6.45) is 7.90. The Balaban J connectivity index is 4.77. The Morgan fingerprint density at radius 1 is 1.19 bits per heavy atom. The largest absolute Gasteiger partial charge is 0.463 e. The molecule has 3 nitrogen and oxygen atoms in total. The van der Waals surface area contributed by atoms with Crippen LogP contribution < -0.4 is 0 Å². The van der Waals surface area contributed by atoms with Crippen LogP contribution in [0.3, 0.4) is 0 Å². The van der Waals surface area contributed by atoms with Crippen molar-refractivity contribution in [1.29, 1.82) is 0 Å². The van der Waals surface area contributed by atoms with E-state index in [1.807, 2.05) is 13.0 Å². The fraction of sp³-hybridized carbons (Fsp3) is 0.824. The maximum absolute atomic E-state index is 11.5. The van der Waals surface area contributed by atoms with Gasteiger partial charge in [0.15, 0.2) is 8.32 Å². The summed E-state index contributed by atoms with van der Waals surface area (Å²) >= 11 is 0. The summed E-state index contributed by atoms with van der Waals surface area (Å²) in [6.45, 7) is 15.6. The van der Waals surface area contributed by atoms with E-state index in [1.165, 1.54) is 18.9 Å². The summed E-state index contributed by atoms with van der Waals surface area (Å²) in [5, 5.41) is 0.174. The number of rotatable bonds is 9. The molecule has 0 aliphatic rings. The molecule has 0 amide bonds. The second-order valence-electron chi connectivity index (χ2n) is 7.02. The van der Waals surface area contributed by atoms with Crippen LogP contribution in [0.25, 0.3) is 0 Å². The first-order chi connectivity index (χ1) is 9.64. The summed E-state index contributed by atoms with van der Waals surface area (Å²) in [5.74, 6) is -0.281. The highest BCUT2D eigenvalue weighted by molar-refractivity contribution is 6.74. The highest BCUT2D eigenvalue weighted by Crippen LogP contribution is 2.37. The van der Waals surface area contributed by atoms with E-state index in [1.54, 1.807) is 0 Å². The normalized spacial score (nSPS) is 14.4. The molecule has 0 saturated heterocycles. The van der Waals surface area contributed by atoms with Crippen molar-refractivity contribution in [2.45, 2.75) is 84.5 Å². The van der Waals surface area contributed by atoms with Gasteiger partial charge in [-0.05, 0) is 37.6 Å². The van der Waals surface area contributed by atoms with E-state index in [-0.39, 0.29) is 17.1 Å². The second kappa shape index (κ2) is 9.41. The fourth-order valence-electron chi connectivity index (χ4n) is 1.72. The molecule has 0 heterocycles. The standard InChI is InChI=1S/C17H34O3Si/c1-8-10-11-12-15(13-14-16(18)19-9-2)20-21(6,7)17(3,4)5/h13-15H,8-12H2,1-7H3/b14-13+. The molecule has 4 heteroatoms. The molecule has 1 atom stereocenters. The van der Waals surface area contributed by atoms with Crippen LogP contribution in [0.15, 0.2) is 12.2 Å². The lowest BCUT2D eigenvalue weighted by Crippen LogP contribution is -2.43. The van der Waals surface area contributed by atoms with E-state index in [0.29, 0.717) is 6.61 Å². The summed E-state index contributed by atoms with van der Waals surface area (Å²) in [5.41, 5.74) is 0. The third kappa shape index (κ3) is 8.42. The van der Waals surface area contributed by atoms with Gasteiger partial charge in [-0.3, -0.25) is 0 Å². The Labute approximate surface area is 132 Å². The average Bonchev–Trinajstić information content (AvgIpc) is 2.34. The molecule has 0 bridgehead atoms. The molecule has 0 aliphatic carbocycles. The minimum absolute atomic E-state index is 0.0156. The molecule has 0 aromatic rings. The molecule has 0 N–H and O–H groups in total. The molecule has 21 heavy (non-hydrogen) atoms. The maximum atomic E-state index is 11.5. The van der Waals surface area contributed by atoms with Gasteiger partial charge in [-0.1, -0.05) is 47.0 Å². The Morgan fingerprint density at radius 3 is 2.29 bits per heavy atom. The van der Waals surface area contributed by atoms with Crippen molar-refractivity contribution in [1.82, 2.24) is 0 Å². The number of ether oxygens (including phenoxy) is 1. The van der Waals surface area contributed by atoms with Gasteiger partial charge in [0, 0.05) is 6.08 Å². The molecule has 0 spiro atoms. The van der Waals surface area contributed by atoms with Crippen LogP contribution in [0.5, 0.6) is 0 Å². The van der Waals surface area contributed by atoms with Gasteiger partial charge in [0.05, 0.1) is 12.7 Å². The van der Waals surface area contributed by atoms with E-state index in [0.717, 1.165) is 12.8 Å². The summed E-state index contributed by atoms with van der Waals surface area (Å²) in [6, 6.07) is 0. The third-order valence-electron chi connectivity index (χ3n) is 4.08. The predicted molar refractivity (Wildman–Crippen MR) is 92.0 cm³/mol. The smallest absolute Gasteiger partial charge is 0.330 e. The van der Waals surface area contributed by atoms with Gasteiger partial charge in [0.2, 0.25) is 0 Å². The molecule has 0 aliphatic heterocycles. The molecule has 0 fully saturated rings. The van der Waals surface area contributed by atoms with Crippen LogP contribution in [0.1, 0.15) is 60.3 Å². The maximum Gasteiger partial charge on any atom is 0.330 e. The van der Waals surface area contributed by atoms with Crippen molar-refractivity contribution in [3.05, 3.63) is 12.2 Å². The Hall–Kier alpha value is -0.613. The average molecular weight is 315 g/mol. The molecule has 1 unspecified atom stereocenters. The molecular formula is C17H34O3Si. The van der Waals surface area contributed by atoms with E-state index >= 15 is 0 Å². The number of carbonyl (C=O) groups is 1. The molecule has 0 rings (SSSR count). The monoisotopic (exact) mass is 314 g/mol. The fourth-order valence-corrected chi connectivity index (χ4v) is 3.03. The van der Waals surface area contributed by atoms with Crippen molar-refractivity contribution in [2.24, 2.45) is 0 Å². The van der Waals surface area contributed by atoms with Gasteiger partial charge in [-0.25, -0.2) is 4.79 Å². The zero-order valence-electron chi connectivity index (χ0n) is 15.0.